The average Bonchev–Trinajstić information content (AvgIpc) is 2.46. The third-order valence-corrected chi connectivity index (χ3v) is 5.63. The molecule has 6 nitrogen and oxygen atoms in total. The Labute approximate surface area is 137 Å². The van der Waals surface area contributed by atoms with Gasteiger partial charge in [0.25, 0.3) is 0 Å². The van der Waals surface area contributed by atoms with Crippen molar-refractivity contribution in [1.29, 1.82) is 0 Å². The summed E-state index contributed by atoms with van der Waals surface area (Å²) in [6.45, 7) is 2.56. The lowest BCUT2D eigenvalue weighted by Crippen LogP contribution is -2.42. The number of nitrogens with two attached hydrogens (primary N) is 1. The van der Waals surface area contributed by atoms with Crippen LogP contribution in [-0.4, -0.2) is 44.9 Å². The van der Waals surface area contributed by atoms with E-state index in [1.54, 1.807) is 6.92 Å². The summed E-state index contributed by atoms with van der Waals surface area (Å²) < 4.78 is 31.2. The monoisotopic (exact) mass is 348 g/mol. The van der Waals surface area contributed by atoms with Gasteiger partial charge in [-0.2, -0.15) is 4.31 Å². The molecule has 0 saturated carbocycles. The number of benzene rings is 1. The van der Waals surface area contributed by atoms with Gasteiger partial charge in [-0.1, -0.05) is 0 Å². The summed E-state index contributed by atoms with van der Waals surface area (Å²) in [5.41, 5.74) is 6.75. The van der Waals surface area contributed by atoms with E-state index in [1.165, 1.54) is 29.6 Å². The molecule has 124 valence electrons. The van der Waals surface area contributed by atoms with Gasteiger partial charge in [0, 0.05) is 19.1 Å². The standard InChI is InChI=1S/C14H20N2O4S.ClH/c1-10-9-12(3-4-13(10)14(17)20-2)21(18,19)16-7-5-11(15)6-8-16;/h3-4,9,11H,5-8,15H2,1-2H3;1H. The van der Waals surface area contributed by atoms with Gasteiger partial charge in [0.15, 0.2) is 0 Å². The summed E-state index contributed by atoms with van der Waals surface area (Å²) in [4.78, 5) is 11.7. The summed E-state index contributed by atoms with van der Waals surface area (Å²) in [5, 5.41) is 0. The Morgan fingerprint density at radius 3 is 2.41 bits per heavy atom. The minimum atomic E-state index is -3.53. The highest BCUT2D eigenvalue weighted by molar-refractivity contribution is 7.89. The second kappa shape index (κ2) is 7.41. The van der Waals surface area contributed by atoms with Crippen molar-refractivity contribution in [1.82, 2.24) is 4.31 Å². The fraction of sp³-hybridized carbons (Fsp3) is 0.500. The lowest BCUT2D eigenvalue weighted by Gasteiger charge is -2.29. The topological polar surface area (TPSA) is 89.7 Å². The summed E-state index contributed by atoms with van der Waals surface area (Å²) in [7, 11) is -2.24. The highest BCUT2D eigenvalue weighted by atomic mass is 35.5. The zero-order chi connectivity index (χ0) is 15.6. The van der Waals surface area contributed by atoms with Gasteiger partial charge in [0.05, 0.1) is 17.6 Å². The summed E-state index contributed by atoms with van der Waals surface area (Å²) in [5.74, 6) is -0.472. The van der Waals surface area contributed by atoms with Gasteiger partial charge in [-0.15, -0.1) is 12.4 Å². The van der Waals surface area contributed by atoms with E-state index in [-0.39, 0.29) is 23.3 Å². The van der Waals surface area contributed by atoms with Gasteiger partial charge < -0.3 is 10.5 Å². The van der Waals surface area contributed by atoms with Crippen molar-refractivity contribution in [2.75, 3.05) is 20.2 Å². The molecule has 0 aliphatic carbocycles. The smallest absolute Gasteiger partial charge is 0.338 e. The number of hydrogen-bond acceptors (Lipinski definition) is 5. The molecule has 1 fully saturated rings. The van der Waals surface area contributed by atoms with Crippen LogP contribution in [0.4, 0.5) is 0 Å². The molecule has 0 bridgehead atoms. The maximum Gasteiger partial charge on any atom is 0.338 e. The number of carbonyl (C=O) groups is 1. The van der Waals surface area contributed by atoms with Gasteiger partial charge in [0.1, 0.15) is 0 Å². The van der Waals surface area contributed by atoms with Crippen LogP contribution in [0.2, 0.25) is 0 Å². The van der Waals surface area contributed by atoms with Crippen molar-refractivity contribution >= 4 is 28.4 Å². The summed E-state index contributed by atoms with van der Waals surface area (Å²) in [6, 6.07) is 4.52. The number of carbonyl (C=O) groups excluding carboxylic acids is 1. The van der Waals surface area contributed by atoms with Gasteiger partial charge in [-0.05, 0) is 43.5 Å². The highest BCUT2D eigenvalue weighted by Gasteiger charge is 2.28. The molecule has 0 atom stereocenters. The van der Waals surface area contributed by atoms with Crippen LogP contribution in [0, 0.1) is 6.92 Å². The minimum absolute atomic E-state index is 0. The lowest BCUT2D eigenvalue weighted by atomic mass is 10.1. The maximum atomic E-state index is 12.6. The molecule has 8 heteroatoms. The quantitative estimate of drug-likeness (QED) is 0.832. The van der Waals surface area contributed by atoms with Crippen LogP contribution in [-0.2, 0) is 14.8 Å². The average molecular weight is 349 g/mol. The Morgan fingerprint density at radius 1 is 1.32 bits per heavy atom. The van der Waals surface area contributed by atoms with Gasteiger partial charge in [-0.25, -0.2) is 13.2 Å². The molecule has 0 radical (unpaired) electrons. The maximum absolute atomic E-state index is 12.6. The van der Waals surface area contributed by atoms with E-state index >= 15 is 0 Å². The van der Waals surface area contributed by atoms with Crippen LogP contribution in [0.3, 0.4) is 0 Å². The summed E-state index contributed by atoms with van der Waals surface area (Å²) in [6.07, 6.45) is 1.33. The van der Waals surface area contributed by atoms with Crippen molar-refractivity contribution in [3.63, 3.8) is 0 Å². The number of sulfonamides is 1. The first kappa shape index (κ1) is 18.9. The number of methoxy groups -OCH3 is 1. The van der Waals surface area contributed by atoms with E-state index in [0.717, 1.165) is 0 Å². The zero-order valence-corrected chi connectivity index (χ0v) is 14.2. The molecule has 2 rings (SSSR count). The van der Waals surface area contributed by atoms with E-state index in [9.17, 15) is 13.2 Å². The van der Waals surface area contributed by atoms with Crippen LogP contribution in [0.15, 0.2) is 23.1 Å². The third kappa shape index (κ3) is 3.78. The Bertz CT molecular complexity index is 640. The molecule has 0 spiro atoms. The lowest BCUT2D eigenvalue weighted by molar-refractivity contribution is 0.0600. The van der Waals surface area contributed by atoms with Gasteiger partial charge in [-0.3, -0.25) is 0 Å². The molecule has 1 heterocycles. The van der Waals surface area contributed by atoms with Gasteiger partial charge >= 0.3 is 5.97 Å². The van der Waals surface area contributed by atoms with Crippen molar-refractivity contribution in [3.05, 3.63) is 29.3 Å². The fourth-order valence-corrected chi connectivity index (χ4v) is 3.96. The van der Waals surface area contributed by atoms with E-state index in [4.69, 9.17) is 5.73 Å². The highest BCUT2D eigenvalue weighted by Crippen LogP contribution is 2.22. The number of hydrogen-bond donors (Lipinski definition) is 1. The number of nitrogens with zero attached hydrogens (tertiary/aromatic N) is 1. The van der Waals surface area contributed by atoms with Crippen molar-refractivity contribution in [2.24, 2.45) is 5.73 Å². The number of esters is 1. The van der Waals surface area contributed by atoms with Crippen molar-refractivity contribution < 1.29 is 17.9 Å². The molecule has 0 aromatic heterocycles. The Hall–Kier alpha value is -1.15. The van der Waals surface area contributed by atoms with E-state index < -0.39 is 16.0 Å². The van der Waals surface area contributed by atoms with E-state index in [1.807, 2.05) is 0 Å². The number of piperidine rings is 1. The van der Waals surface area contributed by atoms with Crippen LogP contribution >= 0.6 is 12.4 Å². The zero-order valence-electron chi connectivity index (χ0n) is 12.6. The molecule has 0 unspecified atom stereocenters. The Morgan fingerprint density at radius 2 is 1.91 bits per heavy atom. The molecule has 0 amide bonds. The SMILES string of the molecule is COC(=O)c1ccc(S(=O)(=O)N2CCC(N)CC2)cc1C.Cl. The third-order valence-electron chi connectivity index (χ3n) is 3.74. The second-order valence-corrected chi connectivity index (χ2v) is 7.15. The number of rotatable bonds is 3. The van der Waals surface area contributed by atoms with Crippen LogP contribution in [0.5, 0.6) is 0 Å². The first-order valence-electron chi connectivity index (χ1n) is 6.81. The largest absolute Gasteiger partial charge is 0.465 e. The molecular formula is C14H21ClN2O4S. The van der Waals surface area contributed by atoms with Crippen LogP contribution in [0.25, 0.3) is 0 Å². The van der Waals surface area contributed by atoms with E-state index in [0.29, 0.717) is 37.1 Å². The minimum Gasteiger partial charge on any atom is -0.465 e. The fourth-order valence-electron chi connectivity index (χ4n) is 2.40. The molecule has 1 aromatic carbocycles. The molecular weight excluding hydrogens is 328 g/mol. The molecule has 22 heavy (non-hydrogen) atoms. The Balaban J connectivity index is 0.00000242. The van der Waals surface area contributed by atoms with Crippen molar-refractivity contribution in [3.8, 4) is 0 Å². The van der Waals surface area contributed by atoms with E-state index in [2.05, 4.69) is 4.74 Å². The number of halogens is 1. The first-order valence-corrected chi connectivity index (χ1v) is 8.25. The molecule has 2 N–H and O–H groups in total. The first-order chi connectivity index (χ1) is 9.86. The summed E-state index contributed by atoms with van der Waals surface area (Å²) >= 11 is 0. The molecule has 1 saturated heterocycles. The molecule has 1 aliphatic heterocycles. The Kier molecular flexibility index (Phi) is 6.37. The van der Waals surface area contributed by atoms with Crippen molar-refractivity contribution in [2.45, 2.75) is 30.7 Å². The second-order valence-electron chi connectivity index (χ2n) is 5.21. The molecule has 1 aliphatic rings. The van der Waals surface area contributed by atoms with Crippen LogP contribution < -0.4 is 5.73 Å². The molecule has 1 aromatic rings. The number of ether oxygens (including phenoxy) is 1. The normalized spacial score (nSPS) is 16.9. The predicted molar refractivity (Wildman–Crippen MR) is 85.7 cm³/mol. The predicted octanol–water partition coefficient (Wildman–Crippen LogP) is 1.32. The number of aryl methyl sites for hydroxylation is 1. The van der Waals surface area contributed by atoms with Gasteiger partial charge in [0.2, 0.25) is 10.0 Å². The van der Waals surface area contributed by atoms with Crippen LogP contribution in [0.1, 0.15) is 28.8 Å².